The molecular weight excluding hydrogens is 170 g/mol. The van der Waals surface area contributed by atoms with E-state index in [9.17, 15) is 0 Å². The van der Waals surface area contributed by atoms with Crippen molar-refractivity contribution in [2.24, 2.45) is 11.8 Å². The lowest BCUT2D eigenvalue weighted by Crippen LogP contribution is -2.37. The first kappa shape index (κ1) is 14.0. The van der Waals surface area contributed by atoms with Gasteiger partial charge in [0.2, 0.25) is 0 Å². The Labute approximate surface area is 90.7 Å². The summed E-state index contributed by atoms with van der Waals surface area (Å²) in [6.07, 6.45) is 5.34. The molecule has 0 saturated carbocycles. The second kappa shape index (κ2) is 8.28. The summed E-state index contributed by atoms with van der Waals surface area (Å²) >= 11 is 0. The fourth-order valence-corrected chi connectivity index (χ4v) is 2.27. The molecule has 0 amide bonds. The maximum absolute atomic E-state index is 3.65. The predicted molar refractivity (Wildman–Crippen MR) is 65.6 cm³/mol. The third kappa shape index (κ3) is 5.64. The van der Waals surface area contributed by atoms with E-state index in [-0.39, 0.29) is 0 Å². The Kier molecular flexibility index (Phi) is 8.26. The molecule has 1 nitrogen and oxygen atoms in total. The molecule has 0 aromatic carbocycles. The standard InChI is InChI=1S/C13H29N/c1-6-9-12(7-2)13(14-8-3)10-11(4)5/h11-14H,6-10H2,1-5H3. The molecule has 0 saturated heterocycles. The van der Waals surface area contributed by atoms with Crippen molar-refractivity contribution in [2.45, 2.75) is 66.3 Å². The van der Waals surface area contributed by atoms with Crippen LogP contribution in [0.2, 0.25) is 0 Å². The zero-order valence-electron chi connectivity index (χ0n) is 10.8. The summed E-state index contributed by atoms with van der Waals surface area (Å²) in [6.45, 7) is 12.6. The van der Waals surface area contributed by atoms with Gasteiger partial charge in [0.25, 0.3) is 0 Å². The summed E-state index contributed by atoms with van der Waals surface area (Å²) in [7, 11) is 0. The SMILES string of the molecule is CCCC(CC)C(CC(C)C)NCC. The Morgan fingerprint density at radius 3 is 2.07 bits per heavy atom. The quantitative estimate of drug-likeness (QED) is 0.626. The summed E-state index contributed by atoms with van der Waals surface area (Å²) in [5, 5.41) is 3.65. The monoisotopic (exact) mass is 199 g/mol. The summed E-state index contributed by atoms with van der Waals surface area (Å²) < 4.78 is 0. The summed E-state index contributed by atoms with van der Waals surface area (Å²) in [5.41, 5.74) is 0. The first-order valence-corrected chi connectivity index (χ1v) is 6.38. The molecule has 0 aromatic rings. The van der Waals surface area contributed by atoms with Gasteiger partial charge < -0.3 is 5.32 Å². The van der Waals surface area contributed by atoms with Gasteiger partial charge in [-0.2, -0.15) is 0 Å². The van der Waals surface area contributed by atoms with E-state index < -0.39 is 0 Å². The molecule has 0 aromatic heterocycles. The molecule has 14 heavy (non-hydrogen) atoms. The average Bonchev–Trinajstić information content (AvgIpc) is 2.13. The van der Waals surface area contributed by atoms with Crippen LogP contribution in [-0.4, -0.2) is 12.6 Å². The van der Waals surface area contributed by atoms with E-state index in [4.69, 9.17) is 0 Å². The lowest BCUT2D eigenvalue weighted by atomic mass is 9.87. The Bertz CT molecular complexity index is 120. The molecule has 86 valence electrons. The highest BCUT2D eigenvalue weighted by Crippen LogP contribution is 2.20. The largest absolute Gasteiger partial charge is 0.314 e. The van der Waals surface area contributed by atoms with Gasteiger partial charge in [-0.3, -0.25) is 0 Å². The van der Waals surface area contributed by atoms with Crippen molar-refractivity contribution in [2.75, 3.05) is 6.54 Å². The van der Waals surface area contributed by atoms with E-state index in [0.717, 1.165) is 24.4 Å². The van der Waals surface area contributed by atoms with Crippen LogP contribution in [0.4, 0.5) is 0 Å². The molecule has 0 spiro atoms. The number of hydrogen-bond donors (Lipinski definition) is 1. The minimum atomic E-state index is 0.741. The van der Waals surface area contributed by atoms with Crippen LogP contribution in [0.25, 0.3) is 0 Å². The molecule has 1 heteroatoms. The molecule has 0 fully saturated rings. The molecule has 0 aliphatic heterocycles. The molecule has 2 atom stereocenters. The molecule has 0 rings (SSSR count). The Morgan fingerprint density at radius 1 is 1.07 bits per heavy atom. The zero-order valence-corrected chi connectivity index (χ0v) is 10.8. The van der Waals surface area contributed by atoms with Gasteiger partial charge in [0, 0.05) is 6.04 Å². The first-order valence-electron chi connectivity index (χ1n) is 6.38. The van der Waals surface area contributed by atoms with Gasteiger partial charge in [-0.25, -0.2) is 0 Å². The van der Waals surface area contributed by atoms with Crippen molar-refractivity contribution >= 4 is 0 Å². The van der Waals surface area contributed by atoms with E-state index >= 15 is 0 Å². The fraction of sp³-hybridized carbons (Fsp3) is 1.00. The Morgan fingerprint density at radius 2 is 1.71 bits per heavy atom. The Hall–Kier alpha value is -0.0400. The van der Waals surface area contributed by atoms with Crippen molar-refractivity contribution in [3.63, 3.8) is 0 Å². The minimum absolute atomic E-state index is 0.741. The van der Waals surface area contributed by atoms with E-state index in [1.165, 1.54) is 25.7 Å². The van der Waals surface area contributed by atoms with Crippen molar-refractivity contribution in [3.8, 4) is 0 Å². The third-order valence-electron chi connectivity index (χ3n) is 2.94. The van der Waals surface area contributed by atoms with Crippen molar-refractivity contribution < 1.29 is 0 Å². The predicted octanol–water partition coefficient (Wildman–Crippen LogP) is 3.84. The van der Waals surface area contributed by atoms with Gasteiger partial charge in [0.1, 0.15) is 0 Å². The van der Waals surface area contributed by atoms with E-state index in [0.29, 0.717) is 0 Å². The molecule has 0 aliphatic carbocycles. The first-order chi connectivity index (χ1) is 6.65. The van der Waals surface area contributed by atoms with E-state index in [1.54, 1.807) is 0 Å². The van der Waals surface area contributed by atoms with Gasteiger partial charge in [-0.15, -0.1) is 0 Å². The van der Waals surface area contributed by atoms with E-state index in [2.05, 4.69) is 39.9 Å². The van der Waals surface area contributed by atoms with Gasteiger partial charge in [0.15, 0.2) is 0 Å². The van der Waals surface area contributed by atoms with Gasteiger partial charge >= 0.3 is 0 Å². The third-order valence-corrected chi connectivity index (χ3v) is 2.94. The van der Waals surface area contributed by atoms with Gasteiger partial charge in [-0.05, 0) is 31.2 Å². The van der Waals surface area contributed by atoms with Crippen LogP contribution in [0.3, 0.4) is 0 Å². The van der Waals surface area contributed by atoms with Crippen LogP contribution in [0.15, 0.2) is 0 Å². The van der Waals surface area contributed by atoms with Crippen molar-refractivity contribution in [1.82, 2.24) is 5.32 Å². The number of nitrogens with one attached hydrogen (secondary N) is 1. The van der Waals surface area contributed by atoms with Crippen molar-refractivity contribution in [1.29, 1.82) is 0 Å². The topological polar surface area (TPSA) is 12.0 Å². The molecule has 0 bridgehead atoms. The zero-order chi connectivity index (χ0) is 11.0. The van der Waals surface area contributed by atoms with Crippen molar-refractivity contribution in [3.05, 3.63) is 0 Å². The molecular formula is C13H29N. The second-order valence-electron chi connectivity index (χ2n) is 4.75. The van der Waals surface area contributed by atoms with Crippen LogP contribution in [0, 0.1) is 11.8 Å². The lowest BCUT2D eigenvalue weighted by molar-refractivity contribution is 0.286. The minimum Gasteiger partial charge on any atom is -0.314 e. The highest BCUT2D eigenvalue weighted by molar-refractivity contribution is 4.76. The molecule has 0 radical (unpaired) electrons. The molecule has 0 aliphatic rings. The Balaban J connectivity index is 4.11. The number of rotatable bonds is 8. The van der Waals surface area contributed by atoms with Crippen LogP contribution in [0.1, 0.15) is 60.3 Å². The average molecular weight is 199 g/mol. The van der Waals surface area contributed by atoms with Gasteiger partial charge in [-0.1, -0.05) is 47.5 Å². The molecule has 1 N–H and O–H groups in total. The van der Waals surface area contributed by atoms with Gasteiger partial charge in [0.05, 0.1) is 0 Å². The van der Waals surface area contributed by atoms with Crippen LogP contribution in [-0.2, 0) is 0 Å². The smallest absolute Gasteiger partial charge is 0.00975 e. The van der Waals surface area contributed by atoms with E-state index in [1.807, 2.05) is 0 Å². The normalized spacial score (nSPS) is 15.9. The maximum atomic E-state index is 3.65. The van der Waals surface area contributed by atoms with Crippen LogP contribution < -0.4 is 5.32 Å². The summed E-state index contributed by atoms with van der Waals surface area (Å²) in [6, 6.07) is 0.741. The number of hydrogen-bond acceptors (Lipinski definition) is 1. The highest BCUT2D eigenvalue weighted by Gasteiger charge is 2.18. The lowest BCUT2D eigenvalue weighted by Gasteiger charge is -2.28. The summed E-state index contributed by atoms with van der Waals surface area (Å²) in [4.78, 5) is 0. The molecule has 0 heterocycles. The second-order valence-corrected chi connectivity index (χ2v) is 4.75. The fourth-order valence-electron chi connectivity index (χ4n) is 2.27. The summed E-state index contributed by atoms with van der Waals surface area (Å²) in [5.74, 6) is 1.69. The maximum Gasteiger partial charge on any atom is 0.00975 e. The van der Waals surface area contributed by atoms with Crippen LogP contribution in [0.5, 0.6) is 0 Å². The molecule has 2 unspecified atom stereocenters. The van der Waals surface area contributed by atoms with Crippen LogP contribution >= 0.6 is 0 Å². The highest BCUT2D eigenvalue weighted by atomic mass is 14.9.